The van der Waals surface area contributed by atoms with Gasteiger partial charge in [0.2, 0.25) is 0 Å². The van der Waals surface area contributed by atoms with E-state index in [0.717, 1.165) is 5.69 Å². The van der Waals surface area contributed by atoms with Gasteiger partial charge in [-0.3, -0.25) is 4.68 Å². The lowest BCUT2D eigenvalue weighted by atomic mass is 10.1. The summed E-state index contributed by atoms with van der Waals surface area (Å²) >= 11 is 0. The molecule has 1 aliphatic rings. The zero-order valence-electron chi connectivity index (χ0n) is 10.0. The van der Waals surface area contributed by atoms with Crippen molar-refractivity contribution in [2.24, 2.45) is 18.2 Å². The molecule has 1 aromatic rings. The van der Waals surface area contributed by atoms with Gasteiger partial charge in [0.1, 0.15) is 5.56 Å². The molecular weight excluding hydrogens is 206 g/mol. The molecule has 0 saturated heterocycles. The van der Waals surface area contributed by atoms with Crippen molar-refractivity contribution in [2.45, 2.75) is 25.8 Å². The Hall–Kier alpha value is -1.36. The zero-order valence-corrected chi connectivity index (χ0v) is 10.0. The molecule has 1 aliphatic carbocycles. The van der Waals surface area contributed by atoms with Gasteiger partial charge in [0, 0.05) is 19.0 Å². The fourth-order valence-electron chi connectivity index (χ4n) is 2.28. The van der Waals surface area contributed by atoms with Crippen LogP contribution in [0.15, 0.2) is 6.20 Å². The largest absolute Gasteiger partial charge is 0.465 e. The molecule has 5 nitrogen and oxygen atoms in total. The quantitative estimate of drug-likeness (QED) is 0.748. The van der Waals surface area contributed by atoms with Gasteiger partial charge >= 0.3 is 5.97 Å². The fraction of sp³-hybridized carbons (Fsp3) is 0.636. The molecule has 16 heavy (non-hydrogen) atoms. The highest BCUT2D eigenvalue weighted by atomic mass is 16.5. The second-order valence-corrected chi connectivity index (χ2v) is 4.88. The lowest BCUT2D eigenvalue weighted by Gasteiger charge is -2.06. The van der Waals surface area contributed by atoms with Crippen LogP contribution in [0.4, 0.5) is 0 Å². The molecule has 0 spiro atoms. The minimum Gasteiger partial charge on any atom is -0.465 e. The van der Waals surface area contributed by atoms with E-state index < -0.39 is 0 Å². The molecule has 2 rings (SSSR count). The molecule has 1 heterocycles. The first-order valence-corrected chi connectivity index (χ1v) is 5.27. The van der Waals surface area contributed by atoms with E-state index in [4.69, 9.17) is 10.5 Å². The van der Waals surface area contributed by atoms with Crippen LogP contribution in [0.1, 0.15) is 35.8 Å². The van der Waals surface area contributed by atoms with E-state index in [1.54, 1.807) is 10.9 Å². The molecule has 0 aromatic carbocycles. The summed E-state index contributed by atoms with van der Waals surface area (Å²) in [6.07, 6.45) is 1.54. The Bertz CT molecular complexity index is 436. The van der Waals surface area contributed by atoms with E-state index in [1.165, 1.54) is 7.11 Å². The van der Waals surface area contributed by atoms with Crippen molar-refractivity contribution in [3.05, 3.63) is 17.5 Å². The maximum absolute atomic E-state index is 11.6. The number of rotatable bonds is 2. The molecular formula is C11H17N3O2. The van der Waals surface area contributed by atoms with E-state index in [2.05, 4.69) is 18.9 Å². The third-order valence-corrected chi connectivity index (χ3v) is 3.60. The van der Waals surface area contributed by atoms with Gasteiger partial charge in [-0.1, -0.05) is 13.8 Å². The van der Waals surface area contributed by atoms with Gasteiger partial charge in [-0.2, -0.15) is 5.10 Å². The molecule has 1 saturated carbocycles. The molecule has 0 radical (unpaired) electrons. The lowest BCUT2D eigenvalue weighted by molar-refractivity contribution is 0.0599. The second kappa shape index (κ2) is 3.31. The number of aryl methyl sites for hydroxylation is 1. The van der Waals surface area contributed by atoms with Gasteiger partial charge in [-0.15, -0.1) is 0 Å². The Kier molecular flexibility index (Phi) is 2.31. The maximum Gasteiger partial charge on any atom is 0.341 e. The predicted molar refractivity (Wildman–Crippen MR) is 59.0 cm³/mol. The number of carbonyl (C=O) groups is 1. The molecule has 0 amide bonds. The smallest absolute Gasteiger partial charge is 0.341 e. The number of ether oxygens (including phenoxy) is 1. The van der Waals surface area contributed by atoms with Crippen molar-refractivity contribution in [2.75, 3.05) is 7.11 Å². The zero-order chi connectivity index (χ0) is 12.1. The minimum atomic E-state index is -0.349. The molecule has 2 atom stereocenters. The summed E-state index contributed by atoms with van der Waals surface area (Å²) in [5.41, 5.74) is 7.45. The second-order valence-electron chi connectivity index (χ2n) is 4.88. The van der Waals surface area contributed by atoms with Crippen molar-refractivity contribution in [3.63, 3.8) is 0 Å². The van der Waals surface area contributed by atoms with Crippen LogP contribution in [-0.2, 0) is 11.8 Å². The van der Waals surface area contributed by atoms with Crippen molar-refractivity contribution >= 4 is 5.97 Å². The van der Waals surface area contributed by atoms with Crippen molar-refractivity contribution < 1.29 is 9.53 Å². The summed E-state index contributed by atoms with van der Waals surface area (Å²) in [5.74, 6) is -0.174. The van der Waals surface area contributed by atoms with Crippen LogP contribution in [0.2, 0.25) is 0 Å². The SMILES string of the molecule is COC(=O)c1cnn(C)c1C1C(N)C1(C)C. The summed E-state index contributed by atoms with van der Waals surface area (Å²) in [7, 11) is 3.19. The summed E-state index contributed by atoms with van der Waals surface area (Å²) in [4.78, 5) is 11.6. The first-order valence-electron chi connectivity index (χ1n) is 5.27. The van der Waals surface area contributed by atoms with Crippen LogP contribution in [0.5, 0.6) is 0 Å². The topological polar surface area (TPSA) is 70.1 Å². The van der Waals surface area contributed by atoms with Gasteiger partial charge in [0.15, 0.2) is 0 Å². The minimum absolute atomic E-state index is 0.0244. The van der Waals surface area contributed by atoms with Crippen LogP contribution < -0.4 is 5.73 Å². The lowest BCUT2D eigenvalue weighted by Crippen LogP contribution is -2.10. The standard InChI is InChI=1S/C11H17N3O2/c1-11(2)7(9(11)12)8-6(10(15)16-4)5-13-14(8)3/h5,7,9H,12H2,1-4H3. The molecule has 0 aliphatic heterocycles. The number of hydrogen-bond acceptors (Lipinski definition) is 4. The monoisotopic (exact) mass is 223 g/mol. The average Bonchev–Trinajstić information content (AvgIpc) is 2.60. The van der Waals surface area contributed by atoms with E-state index in [0.29, 0.717) is 5.56 Å². The summed E-state index contributed by atoms with van der Waals surface area (Å²) in [6.45, 7) is 4.19. The van der Waals surface area contributed by atoms with E-state index >= 15 is 0 Å². The molecule has 1 fully saturated rings. The van der Waals surface area contributed by atoms with Crippen LogP contribution in [0.3, 0.4) is 0 Å². The third-order valence-electron chi connectivity index (χ3n) is 3.60. The van der Waals surface area contributed by atoms with Gasteiger partial charge in [0.25, 0.3) is 0 Å². The Balaban J connectivity index is 2.42. The van der Waals surface area contributed by atoms with Gasteiger partial charge in [-0.25, -0.2) is 4.79 Å². The molecule has 2 unspecified atom stereocenters. The Morgan fingerprint density at radius 1 is 1.62 bits per heavy atom. The number of nitrogens with zero attached hydrogens (tertiary/aromatic N) is 2. The highest BCUT2D eigenvalue weighted by Crippen LogP contribution is 2.57. The first kappa shape index (κ1) is 11.1. The fourth-order valence-corrected chi connectivity index (χ4v) is 2.28. The van der Waals surface area contributed by atoms with Crippen molar-refractivity contribution in [3.8, 4) is 0 Å². The molecule has 2 N–H and O–H groups in total. The number of aromatic nitrogens is 2. The van der Waals surface area contributed by atoms with Crippen LogP contribution >= 0.6 is 0 Å². The molecule has 88 valence electrons. The number of hydrogen-bond donors (Lipinski definition) is 1. The van der Waals surface area contributed by atoms with Gasteiger partial charge < -0.3 is 10.5 Å². The van der Waals surface area contributed by atoms with Crippen molar-refractivity contribution in [1.29, 1.82) is 0 Å². The van der Waals surface area contributed by atoms with Crippen LogP contribution in [-0.4, -0.2) is 28.9 Å². The molecule has 0 bridgehead atoms. The third kappa shape index (κ3) is 1.35. The number of carbonyl (C=O) groups excluding carboxylic acids is 1. The van der Waals surface area contributed by atoms with Gasteiger partial charge in [0.05, 0.1) is 19.0 Å². The van der Waals surface area contributed by atoms with E-state index in [9.17, 15) is 4.79 Å². The first-order chi connectivity index (χ1) is 7.41. The van der Waals surface area contributed by atoms with E-state index in [1.807, 2.05) is 7.05 Å². The Morgan fingerprint density at radius 2 is 2.19 bits per heavy atom. The average molecular weight is 223 g/mol. The highest BCUT2D eigenvalue weighted by molar-refractivity contribution is 5.90. The van der Waals surface area contributed by atoms with Crippen LogP contribution in [0, 0.1) is 5.41 Å². The normalized spacial score (nSPS) is 26.6. The van der Waals surface area contributed by atoms with E-state index in [-0.39, 0.29) is 23.3 Å². The molecule has 5 heteroatoms. The number of esters is 1. The number of methoxy groups -OCH3 is 1. The number of nitrogens with two attached hydrogens (primary N) is 1. The molecule has 1 aromatic heterocycles. The van der Waals surface area contributed by atoms with Crippen LogP contribution in [0.25, 0.3) is 0 Å². The van der Waals surface area contributed by atoms with Gasteiger partial charge in [-0.05, 0) is 5.41 Å². The van der Waals surface area contributed by atoms with Crippen molar-refractivity contribution in [1.82, 2.24) is 9.78 Å². The summed E-state index contributed by atoms with van der Waals surface area (Å²) in [5, 5.41) is 4.11. The Labute approximate surface area is 94.6 Å². The summed E-state index contributed by atoms with van der Waals surface area (Å²) in [6, 6.07) is 0.0753. The Morgan fingerprint density at radius 3 is 2.62 bits per heavy atom. The highest BCUT2D eigenvalue weighted by Gasteiger charge is 2.58. The summed E-state index contributed by atoms with van der Waals surface area (Å²) < 4.78 is 6.45. The predicted octanol–water partition coefficient (Wildman–Crippen LogP) is 0.657. The maximum atomic E-state index is 11.6.